The van der Waals surface area contributed by atoms with E-state index in [0.717, 1.165) is 22.0 Å². The number of aromatic nitrogens is 1. The molecule has 5 nitrogen and oxygen atoms in total. The summed E-state index contributed by atoms with van der Waals surface area (Å²) in [6.45, 7) is 3.59. The number of hydrogen-bond donors (Lipinski definition) is 1. The molecule has 0 saturated heterocycles. The van der Waals surface area contributed by atoms with E-state index in [4.69, 9.17) is 10.5 Å². The molecule has 110 valence electrons. The minimum atomic E-state index is -0.0806. The fraction of sp³-hybridized carbons (Fsp3) is 0.333. The molecule has 1 aliphatic rings. The minimum absolute atomic E-state index is 0.0806. The summed E-state index contributed by atoms with van der Waals surface area (Å²) in [5.41, 5.74) is 7.93. The zero-order valence-corrected chi connectivity index (χ0v) is 12.7. The highest BCUT2D eigenvalue weighted by Gasteiger charge is 2.26. The predicted molar refractivity (Wildman–Crippen MR) is 83.2 cm³/mol. The molecule has 1 amide bonds. The van der Waals surface area contributed by atoms with Crippen LogP contribution in [0.25, 0.3) is 0 Å². The van der Waals surface area contributed by atoms with E-state index in [1.54, 1.807) is 10.3 Å². The highest BCUT2D eigenvalue weighted by Crippen LogP contribution is 2.33. The van der Waals surface area contributed by atoms with Crippen molar-refractivity contribution in [1.29, 1.82) is 0 Å². The molecular formula is C15H17N3O2S. The van der Waals surface area contributed by atoms with Crippen molar-refractivity contribution < 1.29 is 9.53 Å². The van der Waals surface area contributed by atoms with Crippen molar-refractivity contribution in [1.82, 2.24) is 4.98 Å². The molecule has 1 aromatic carbocycles. The van der Waals surface area contributed by atoms with E-state index in [1.807, 2.05) is 25.1 Å². The van der Waals surface area contributed by atoms with Crippen molar-refractivity contribution in [2.24, 2.45) is 5.73 Å². The van der Waals surface area contributed by atoms with Crippen molar-refractivity contribution in [3.05, 3.63) is 39.8 Å². The number of ether oxygens (including phenoxy) is 1. The summed E-state index contributed by atoms with van der Waals surface area (Å²) in [4.78, 5) is 18.8. The maximum absolute atomic E-state index is 12.6. The quantitative estimate of drug-likeness (QED) is 0.941. The molecule has 2 aromatic rings. The van der Waals surface area contributed by atoms with Crippen LogP contribution in [-0.4, -0.2) is 30.6 Å². The SMILES string of the molecule is Cc1ccc2c(c1)OCCN2C(=O)c1csc(CCN)n1. The Kier molecular flexibility index (Phi) is 3.90. The molecule has 0 spiro atoms. The van der Waals surface area contributed by atoms with Crippen LogP contribution >= 0.6 is 11.3 Å². The number of anilines is 1. The van der Waals surface area contributed by atoms with Crippen molar-refractivity contribution in [2.45, 2.75) is 13.3 Å². The summed E-state index contributed by atoms with van der Waals surface area (Å²) in [6.07, 6.45) is 0.705. The Morgan fingerprint density at radius 2 is 2.38 bits per heavy atom. The zero-order chi connectivity index (χ0) is 14.8. The van der Waals surface area contributed by atoms with Gasteiger partial charge in [-0.05, 0) is 31.2 Å². The van der Waals surface area contributed by atoms with E-state index in [0.29, 0.717) is 31.8 Å². The lowest BCUT2D eigenvalue weighted by molar-refractivity contribution is 0.0972. The van der Waals surface area contributed by atoms with Gasteiger partial charge in [0.1, 0.15) is 18.1 Å². The fourth-order valence-electron chi connectivity index (χ4n) is 2.32. The predicted octanol–water partition coefficient (Wildman–Crippen LogP) is 1.99. The van der Waals surface area contributed by atoms with Crippen LogP contribution in [0.5, 0.6) is 5.75 Å². The number of nitrogens with zero attached hydrogens (tertiary/aromatic N) is 2. The second kappa shape index (κ2) is 5.83. The molecule has 0 unspecified atom stereocenters. The summed E-state index contributed by atoms with van der Waals surface area (Å²) < 4.78 is 5.64. The summed E-state index contributed by atoms with van der Waals surface area (Å²) in [5.74, 6) is 0.676. The van der Waals surface area contributed by atoms with Gasteiger partial charge in [0.25, 0.3) is 5.91 Å². The molecule has 21 heavy (non-hydrogen) atoms. The van der Waals surface area contributed by atoms with Gasteiger partial charge in [-0.25, -0.2) is 4.98 Å². The topological polar surface area (TPSA) is 68.5 Å². The molecule has 0 fully saturated rings. The molecule has 2 N–H and O–H groups in total. The van der Waals surface area contributed by atoms with Gasteiger partial charge in [0.05, 0.1) is 17.2 Å². The van der Waals surface area contributed by atoms with Crippen LogP contribution in [0.3, 0.4) is 0 Å². The fourth-order valence-corrected chi connectivity index (χ4v) is 3.11. The van der Waals surface area contributed by atoms with E-state index in [-0.39, 0.29) is 5.91 Å². The number of carbonyl (C=O) groups excluding carboxylic acids is 1. The molecule has 1 aliphatic heterocycles. The molecule has 0 saturated carbocycles. The van der Waals surface area contributed by atoms with E-state index in [9.17, 15) is 4.79 Å². The molecule has 0 aliphatic carbocycles. The third kappa shape index (κ3) is 2.77. The Morgan fingerprint density at radius 1 is 1.52 bits per heavy atom. The molecule has 6 heteroatoms. The number of benzene rings is 1. The number of nitrogens with two attached hydrogens (primary N) is 1. The van der Waals surface area contributed by atoms with Crippen LogP contribution in [0.1, 0.15) is 21.1 Å². The zero-order valence-electron chi connectivity index (χ0n) is 11.8. The second-order valence-electron chi connectivity index (χ2n) is 4.94. The van der Waals surface area contributed by atoms with Gasteiger partial charge < -0.3 is 15.4 Å². The van der Waals surface area contributed by atoms with E-state index in [1.165, 1.54) is 11.3 Å². The molecule has 0 bridgehead atoms. The largest absolute Gasteiger partial charge is 0.490 e. The second-order valence-corrected chi connectivity index (χ2v) is 5.88. The summed E-state index contributed by atoms with van der Waals surface area (Å²) in [6, 6.07) is 5.86. The highest BCUT2D eigenvalue weighted by atomic mass is 32.1. The van der Waals surface area contributed by atoms with Gasteiger partial charge in [-0.1, -0.05) is 6.07 Å². The summed E-state index contributed by atoms with van der Waals surface area (Å²) >= 11 is 1.48. The van der Waals surface area contributed by atoms with Crippen molar-refractivity contribution in [3.8, 4) is 5.75 Å². The number of aryl methyl sites for hydroxylation is 1. The van der Waals surface area contributed by atoms with Gasteiger partial charge in [0.15, 0.2) is 0 Å². The first-order valence-corrected chi connectivity index (χ1v) is 7.77. The standard InChI is InChI=1S/C15H17N3O2S/c1-10-2-3-12-13(8-10)20-7-6-18(12)15(19)11-9-21-14(17-11)4-5-16/h2-3,8-9H,4-7,16H2,1H3. The molecule has 0 radical (unpaired) electrons. The Hall–Kier alpha value is -1.92. The normalized spacial score (nSPS) is 13.7. The van der Waals surface area contributed by atoms with Crippen LogP contribution in [0.2, 0.25) is 0 Å². The van der Waals surface area contributed by atoms with E-state index < -0.39 is 0 Å². The number of carbonyl (C=O) groups is 1. The van der Waals surface area contributed by atoms with Gasteiger partial charge in [0.2, 0.25) is 0 Å². The lowest BCUT2D eigenvalue weighted by Gasteiger charge is -2.29. The van der Waals surface area contributed by atoms with Gasteiger partial charge in [-0.15, -0.1) is 11.3 Å². The Balaban J connectivity index is 1.88. The van der Waals surface area contributed by atoms with Gasteiger partial charge in [-0.3, -0.25) is 4.79 Å². The number of amides is 1. The van der Waals surface area contributed by atoms with Crippen LogP contribution in [-0.2, 0) is 6.42 Å². The number of rotatable bonds is 3. The average molecular weight is 303 g/mol. The number of thiazole rings is 1. The van der Waals surface area contributed by atoms with Crippen LogP contribution in [0, 0.1) is 6.92 Å². The molecular weight excluding hydrogens is 286 g/mol. The number of hydrogen-bond acceptors (Lipinski definition) is 5. The van der Waals surface area contributed by atoms with Crippen LogP contribution in [0.15, 0.2) is 23.6 Å². The monoisotopic (exact) mass is 303 g/mol. The average Bonchev–Trinajstić information content (AvgIpc) is 2.94. The molecule has 3 rings (SSSR count). The third-order valence-electron chi connectivity index (χ3n) is 3.35. The van der Waals surface area contributed by atoms with E-state index in [2.05, 4.69) is 4.98 Å². The first-order valence-electron chi connectivity index (χ1n) is 6.89. The van der Waals surface area contributed by atoms with Crippen LogP contribution < -0.4 is 15.4 Å². The maximum atomic E-state index is 12.6. The van der Waals surface area contributed by atoms with Gasteiger partial charge in [-0.2, -0.15) is 0 Å². The van der Waals surface area contributed by atoms with Gasteiger partial charge >= 0.3 is 0 Å². The summed E-state index contributed by atoms with van der Waals surface area (Å²) in [5, 5.41) is 2.70. The van der Waals surface area contributed by atoms with Crippen molar-refractivity contribution in [3.63, 3.8) is 0 Å². The highest BCUT2D eigenvalue weighted by molar-refractivity contribution is 7.09. The molecule has 1 aromatic heterocycles. The lowest BCUT2D eigenvalue weighted by atomic mass is 10.1. The van der Waals surface area contributed by atoms with Crippen LogP contribution in [0.4, 0.5) is 5.69 Å². The maximum Gasteiger partial charge on any atom is 0.277 e. The smallest absolute Gasteiger partial charge is 0.277 e. The Bertz CT molecular complexity index is 669. The first kappa shape index (κ1) is 14.0. The lowest BCUT2D eigenvalue weighted by Crippen LogP contribution is -2.38. The van der Waals surface area contributed by atoms with E-state index >= 15 is 0 Å². The van der Waals surface area contributed by atoms with Crippen molar-refractivity contribution >= 4 is 22.9 Å². The molecule has 0 atom stereocenters. The number of fused-ring (bicyclic) bond motifs is 1. The minimum Gasteiger partial charge on any atom is -0.490 e. The third-order valence-corrected chi connectivity index (χ3v) is 4.26. The molecule has 2 heterocycles. The summed E-state index contributed by atoms with van der Waals surface area (Å²) in [7, 11) is 0. The first-order chi connectivity index (χ1) is 10.2. The Morgan fingerprint density at radius 3 is 3.19 bits per heavy atom. The Labute approximate surface area is 127 Å². The van der Waals surface area contributed by atoms with Gasteiger partial charge in [0, 0.05) is 11.8 Å². The van der Waals surface area contributed by atoms with Crippen molar-refractivity contribution in [2.75, 3.05) is 24.6 Å².